The average Bonchev–Trinajstić information content (AvgIpc) is 3.01. The molecule has 1 amide bonds. The summed E-state index contributed by atoms with van der Waals surface area (Å²) in [6.45, 7) is 7.85. The number of carbonyl (C=O) groups excluding carboxylic acids is 1. The number of amides is 1. The summed E-state index contributed by atoms with van der Waals surface area (Å²) in [6.07, 6.45) is 1.49. The molecule has 1 N–H and O–H groups in total. The van der Waals surface area contributed by atoms with E-state index in [9.17, 15) is 9.59 Å². The fourth-order valence-corrected chi connectivity index (χ4v) is 5.00. The standard InChI is InChI=1S/C35H33ClN4O4/c1-21(2)28-18-29(23(4)16-32(28)43-5)34-39-30-9-7-6-8-27(30)35(42)40(34)37-19-24-17-25(36)12-15-31(24)44-20-33(41)38-26-13-10-22(3)11-14-26/h6-19,21H,20H2,1-5H3,(H,38,41). The van der Waals surface area contributed by atoms with Crippen LogP contribution in [0, 0.1) is 13.8 Å². The van der Waals surface area contributed by atoms with Gasteiger partial charge in [0.15, 0.2) is 12.4 Å². The van der Waals surface area contributed by atoms with Crippen LogP contribution in [0.4, 0.5) is 5.69 Å². The smallest absolute Gasteiger partial charge is 0.282 e. The fourth-order valence-electron chi connectivity index (χ4n) is 4.82. The number of hydrogen-bond donors (Lipinski definition) is 1. The van der Waals surface area contributed by atoms with Crippen molar-refractivity contribution in [2.45, 2.75) is 33.6 Å². The maximum absolute atomic E-state index is 13.8. The zero-order chi connectivity index (χ0) is 31.4. The van der Waals surface area contributed by atoms with E-state index in [0.717, 1.165) is 28.0 Å². The second-order valence-electron chi connectivity index (χ2n) is 10.8. The number of anilines is 1. The van der Waals surface area contributed by atoms with Crippen molar-refractivity contribution >= 4 is 40.3 Å². The van der Waals surface area contributed by atoms with Gasteiger partial charge in [0.1, 0.15) is 11.5 Å². The van der Waals surface area contributed by atoms with Gasteiger partial charge in [-0.2, -0.15) is 9.78 Å². The van der Waals surface area contributed by atoms with Gasteiger partial charge in [-0.15, -0.1) is 0 Å². The van der Waals surface area contributed by atoms with Crippen molar-refractivity contribution in [1.82, 2.24) is 9.66 Å². The van der Waals surface area contributed by atoms with Gasteiger partial charge >= 0.3 is 0 Å². The number of para-hydroxylation sites is 1. The van der Waals surface area contributed by atoms with E-state index in [4.69, 9.17) is 26.1 Å². The molecule has 1 aromatic heterocycles. The molecule has 0 bridgehead atoms. The zero-order valence-electron chi connectivity index (χ0n) is 25.2. The molecule has 8 nitrogen and oxygen atoms in total. The third kappa shape index (κ3) is 6.66. The van der Waals surface area contributed by atoms with Gasteiger partial charge in [-0.25, -0.2) is 4.98 Å². The molecule has 9 heteroatoms. The number of fused-ring (bicyclic) bond motifs is 1. The molecule has 4 aromatic carbocycles. The average molecular weight is 609 g/mol. The van der Waals surface area contributed by atoms with E-state index in [1.54, 1.807) is 43.5 Å². The predicted octanol–water partition coefficient (Wildman–Crippen LogP) is 7.37. The summed E-state index contributed by atoms with van der Waals surface area (Å²) in [5.41, 5.74) is 5.11. The van der Waals surface area contributed by atoms with E-state index in [1.807, 2.05) is 56.3 Å². The minimum atomic E-state index is -0.329. The monoisotopic (exact) mass is 608 g/mol. The molecule has 0 atom stereocenters. The number of aryl methyl sites for hydroxylation is 2. The first-order chi connectivity index (χ1) is 21.1. The Bertz CT molecular complexity index is 1930. The lowest BCUT2D eigenvalue weighted by Crippen LogP contribution is -2.21. The molecule has 0 saturated carbocycles. The van der Waals surface area contributed by atoms with Crippen LogP contribution in [0.15, 0.2) is 88.8 Å². The van der Waals surface area contributed by atoms with Crippen LogP contribution in [0.25, 0.3) is 22.3 Å². The lowest BCUT2D eigenvalue weighted by atomic mass is 9.96. The van der Waals surface area contributed by atoms with E-state index >= 15 is 0 Å². The molecule has 0 aliphatic carbocycles. The molecule has 0 spiro atoms. The van der Waals surface area contributed by atoms with Crippen molar-refractivity contribution in [3.8, 4) is 22.9 Å². The van der Waals surface area contributed by atoms with Crippen LogP contribution in [-0.4, -0.2) is 35.5 Å². The van der Waals surface area contributed by atoms with Gasteiger partial charge in [0.25, 0.3) is 11.5 Å². The minimum Gasteiger partial charge on any atom is -0.496 e. The summed E-state index contributed by atoms with van der Waals surface area (Å²) in [6, 6.07) is 23.6. The molecule has 0 aliphatic heterocycles. The Morgan fingerprint density at radius 2 is 1.77 bits per heavy atom. The second kappa shape index (κ2) is 13.1. The normalized spacial score (nSPS) is 11.3. The Morgan fingerprint density at radius 1 is 1.02 bits per heavy atom. The summed E-state index contributed by atoms with van der Waals surface area (Å²) in [5, 5.41) is 8.30. The number of nitrogens with one attached hydrogen (secondary N) is 1. The van der Waals surface area contributed by atoms with E-state index in [0.29, 0.717) is 38.8 Å². The van der Waals surface area contributed by atoms with Crippen LogP contribution in [0.5, 0.6) is 11.5 Å². The van der Waals surface area contributed by atoms with Crippen LogP contribution in [0.2, 0.25) is 5.02 Å². The van der Waals surface area contributed by atoms with Gasteiger partial charge in [0, 0.05) is 21.8 Å². The molecule has 44 heavy (non-hydrogen) atoms. The molecular weight excluding hydrogens is 576 g/mol. The number of halogens is 1. The Morgan fingerprint density at radius 3 is 2.50 bits per heavy atom. The van der Waals surface area contributed by atoms with E-state index < -0.39 is 0 Å². The molecule has 0 unspecified atom stereocenters. The van der Waals surface area contributed by atoms with Gasteiger partial charge in [0.05, 0.1) is 24.2 Å². The van der Waals surface area contributed by atoms with Gasteiger partial charge < -0.3 is 14.8 Å². The highest BCUT2D eigenvalue weighted by atomic mass is 35.5. The second-order valence-corrected chi connectivity index (χ2v) is 11.2. The lowest BCUT2D eigenvalue weighted by Gasteiger charge is -2.17. The van der Waals surface area contributed by atoms with Crippen molar-refractivity contribution in [3.63, 3.8) is 0 Å². The number of methoxy groups -OCH3 is 1. The largest absolute Gasteiger partial charge is 0.496 e. The van der Waals surface area contributed by atoms with Crippen molar-refractivity contribution in [2.24, 2.45) is 5.10 Å². The molecule has 5 aromatic rings. The lowest BCUT2D eigenvalue weighted by molar-refractivity contribution is -0.118. The number of carbonyl (C=O) groups is 1. The fraction of sp³-hybridized carbons (Fsp3) is 0.200. The molecule has 5 rings (SSSR count). The maximum Gasteiger partial charge on any atom is 0.282 e. The van der Waals surface area contributed by atoms with E-state index in [2.05, 4.69) is 24.3 Å². The SMILES string of the molecule is COc1cc(C)c(-c2nc3ccccc3c(=O)n2N=Cc2cc(Cl)ccc2OCC(=O)Nc2ccc(C)cc2)cc1C(C)C. The number of ether oxygens (including phenoxy) is 2. The number of hydrogen-bond acceptors (Lipinski definition) is 6. The summed E-state index contributed by atoms with van der Waals surface area (Å²) in [7, 11) is 1.64. The summed E-state index contributed by atoms with van der Waals surface area (Å²) >= 11 is 6.33. The van der Waals surface area contributed by atoms with Gasteiger partial charge in [-0.1, -0.05) is 55.3 Å². The highest BCUT2D eigenvalue weighted by molar-refractivity contribution is 6.30. The van der Waals surface area contributed by atoms with Crippen LogP contribution < -0.4 is 20.3 Å². The topological polar surface area (TPSA) is 94.8 Å². The van der Waals surface area contributed by atoms with Crippen LogP contribution >= 0.6 is 11.6 Å². The first-order valence-electron chi connectivity index (χ1n) is 14.2. The minimum absolute atomic E-state index is 0.169. The Balaban J connectivity index is 1.54. The number of nitrogens with zero attached hydrogens (tertiary/aromatic N) is 3. The van der Waals surface area contributed by atoms with Crippen LogP contribution in [0.1, 0.15) is 42.0 Å². The van der Waals surface area contributed by atoms with E-state index in [-0.39, 0.29) is 24.0 Å². The summed E-state index contributed by atoms with van der Waals surface area (Å²) in [5.74, 6) is 1.38. The van der Waals surface area contributed by atoms with Gasteiger partial charge in [-0.3, -0.25) is 9.59 Å². The Hall–Kier alpha value is -4.95. The molecule has 1 heterocycles. The Kier molecular flexibility index (Phi) is 9.11. The number of aromatic nitrogens is 2. The third-order valence-corrected chi connectivity index (χ3v) is 7.41. The molecule has 0 saturated heterocycles. The number of rotatable bonds is 9. The van der Waals surface area contributed by atoms with Crippen molar-refractivity contribution in [2.75, 3.05) is 19.0 Å². The third-order valence-electron chi connectivity index (χ3n) is 7.17. The highest BCUT2D eigenvalue weighted by Gasteiger charge is 2.18. The first-order valence-corrected chi connectivity index (χ1v) is 14.6. The first kappa shape index (κ1) is 30.5. The van der Waals surface area contributed by atoms with Crippen molar-refractivity contribution < 1.29 is 14.3 Å². The van der Waals surface area contributed by atoms with Gasteiger partial charge in [0.2, 0.25) is 0 Å². The van der Waals surface area contributed by atoms with E-state index in [1.165, 1.54) is 10.9 Å². The molecular formula is C35H33ClN4O4. The molecule has 0 radical (unpaired) electrons. The van der Waals surface area contributed by atoms with Crippen molar-refractivity contribution in [3.05, 3.63) is 116 Å². The predicted molar refractivity (Wildman–Crippen MR) is 177 cm³/mol. The summed E-state index contributed by atoms with van der Waals surface area (Å²) < 4.78 is 12.8. The maximum atomic E-state index is 13.8. The van der Waals surface area contributed by atoms with Crippen molar-refractivity contribution in [1.29, 1.82) is 0 Å². The zero-order valence-corrected chi connectivity index (χ0v) is 26.0. The highest BCUT2D eigenvalue weighted by Crippen LogP contribution is 2.34. The van der Waals surface area contributed by atoms with Crippen LogP contribution in [0.3, 0.4) is 0 Å². The van der Waals surface area contributed by atoms with Crippen LogP contribution in [-0.2, 0) is 4.79 Å². The molecule has 224 valence electrons. The molecule has 0 fully saturated rings. The number of benzene rings is 4. The summed E-state index contributed by atoms with van der Waals surface area (Å²) in [4.78, 5) is 31.3. The quantitative estimate of drug-likeness (QED) is 0.176. The Labute approximate surface area is 260 Å². The molecule has 0 aliphatic rings. The van der Waals surface area contributed by atoms with Gasteiger partial charge in [-0.05, 0) is 85.5 Å².